The lowest BCUT2D eigenvalue weighted by Crippen LogP contribution is -2.30. The first-order chi connectivity index (χ1) is 9.00. The van der Waals surface area contributed by atoms with E-state index in [9.17, 15) is 9.59 Å². The number of amides is 1. The highest BCUT2D eigenvalue weighted by atomic mass is 35.5. The van der Waals surface area contributed by atoms with E-state index in [1.165, 1.54) is 11.8 Å². The van der Waals surface area contributed by atoms with E-state index in [0.717, 1.165) is 5.56 Å². The first-order valence-electron chi connectivity index (χ1n) is 5.83. The van der Waals surface area contributed by atoms with Crippen molar-refractivity contribution in [2.75, 3.05) is 18.1 Å². The second-order valence-corrected chi connectivity index (χ2v) is 5.56. The molecular weight excluding hydrogens is 286 g/mol. The number of halogens is 1. The lowest BCUT2D eigenvalue weighted by Gasteiger charge is -2.12. The third-order valence-electron chi connectivity index (χ3n) is 2.51. The van der Waals surface area contributed by atoms with E-state index >= 15 is 0 Å². The Balaban J connectivity index is 2.35. The minimum absolute atomic E-state index is 0.0553. The fourth-order valence-corrected chi connectivity index (χ4v) is 2.25. The van der Waals surface area contributed by atoms with Gasteiger partial charge in [-0.25, -0.2) is 0 Å². The van der Waals surface area contributed by atoms with Crippen LogP contribution in [0.3, 0.4) is 0 Å². The molecule has 1 rings (SSSR count). The Morgan fingerprint density at radius 3 is 2.84 bits per heavy atom. The highest BCUT2D eigenvalue weighted by Gasteiger charge is 2.14. The van der Waals surface area contributed by atoms with E-state index in [1.54, 1.807) is 12.1 Å². The predicted octanol–water partition coefficient (Wildman–Crippen LogP) is 2.38. The molecule has 0 bridgehead atoms. The quantitative estimate of drug-likeness (QED) is 0.759. The summed E-state index contributed by atoms with van der Waals surface area (Å²) in [5, 5.41) is 11.8. The van der Waals surface area contributed by atoms with E-state index in [0.29, 0.717) is 17.3 Å². The zero-order valence-corrected chi connectivity index (χ0v) is 12.1. The molecule has 0 aliphatic rings. The number of carboxylic acids is 1. The Hall–Kier alpha value is -1.20. The molecule has 0 radical (unpaired) electrons. The Morgan fingerprint density at radius 1 is 1.47 bits per heavy atom. The Kier molecular flexibility index (Phi) is 6.73. The molecular formula is C13H16ClNO3S. The van der Waals surface area contributed by atoms with E-state index in [2.05, 4.69) is 5.32 Å². The van der Waals surface area contributed by atoms with Crippen LogP contribution in [0, 0.1) is 0 Å². The maximum Gasteiger partial charge on any atom is 0.313 e. The summed E-state index contributed by atoms with van der Waals surface area (Å²) in [6, 6.07) is 7.20. The van der Waals surface area contributed by atoms with Crippen LogP contribution in [0.15, 0.2) is 24.3 Å². The first-order valence-corrected chi connectivity index (χ1v) is 7.36. The molecule has 4 nitrogen and oxygen atoms in total. The van der Waals surface area contributed by atoms with Crippen molar-refractivity contribution in [3.05, 3.63) is 34.9 Å². The topological polar surface area (TPSA) is 66.4 Å². The zero-order chi connectivity index (χ0) is 14.3. The molecule has 1 atom stereocenters. The number of carbonyl (C=O) groups is 2. The number of carboxylic acid groups (broad SMARTS) is 1. The number of rotatable bonds is 7. The number of aliphatic carboxylic acids is 1. The number of carbonyl (C=O) groups excluding carboxylic acids is 1. The average Bonchev–Trinajstić information content (AvgIpc) is 2.36. The third kappa shape index (κ3) is 5.98. The first kappa shape index (κ1) is 15.9. The van der Waals surface area contributed by atoms with E-state index in [4.69, 9.17) is 16.7 Å². The van der Waals surface area contributed by atoms with Gasteiger partial charge in [-0.2, -0.15) is 0 Å². The molecule has 1 unspecified atom stereocenters. The Bertz CT molecular complexity index is 453. The van der Waals surface area contributed by atoms with E-state index in [1.807, 2.05) is 19.1 Å². The number of thioether (sulfide) groups is 1. The summed E-state index contributed by atoms with van der Waals surface area (Å²) in [4.78, 5) is 22.2. The van der Waals surface area contributed by atoms with Gasteiger partial charge in [0.1, 0.15) is 0 Å². The lowest BCUT2D eigenvalue weighted by atomic mass is 10.0. The molecule has 19 heavy (non-hydrogen) atoms. The van der Waals surface area contributed by atoms with Crippen molar-refractivity contribution < 1.29 is 14.7 Å². The highest BCUT2D eigenvalue weighted by molar-refractivity contribution is 7.99. The second-order valence-electron chi connectivity index (χ2n) is 4.01. The minimum Gasteiger partial charge on any atom is -0.481 e. The van der Waals surface area contributed by atoms with Crippen LogP contribution < -0.4 is 5.32 Å². The van der Waals surface area contributed by atoms with Crippen LogP contribution in [0.5, 0.6) is 0 Å². The molecule has 0 saturated carbocycles. The van der Waals surface area contributed by atoms with Crippen molar-refractivity contribution in [3.8, 4) is 0 Å². The molecule has 104 valence electrons. The average molecular weight is 302 g/mol. The predicted molar refractivity (Wildman–Crippen MR) is 77.8 cm³/mol. The molecule has 0 aromatic heterocycles. The number of hydrogen-bond acceptors (Lipinski definition) is 3. The van der Waals surface area contributed by atoms with Gasteiger partial charge in [-0.3, -0.25) is 9.59 Å². The molecule has 1 aromatic rings. The Labute approximate surface area is 121 Å². The standard InChI is InChI=1S/C13H16ClNO3S/c1-9(10-3-2-4-11(14)7-10)13(18)15-5-6-19-8-12(16)17/h2-4,7,9H,5-6,8H2,1H3,(H,15,18)(H,16,17). The van der Waals surface area contributed by atoms with Gasteiger partial charge in [0.2, 0.25) is 5.91 Å². The van der Waals surface area contributed by atoms with Gasteiger partial charge in [0, 0.05) is 17.3 Å². The number of hydrogen-bond donors (Lipinski definition) is 2. The largest absolute Gasteiger partial charge is 0.481 e. The van der Waals surface area contributed by atoms with Crippen LogP contribution in [0.4, 0.5) is 0 Å². The molecule has 1 aromatic carbocycles. The second kappa shape index (κ2) is 8.07. The van der Waals surface area contributed by atoms with Gasteiger partial charge in [0.25, 0.3) is 0 Å². The summed E-state index contributed by atoms with van der Waals surface area (Å²) in [7, 11) is 0. The van der Waals surface area contributed by atoms with Crippen molar-refractivity contribution in [1.82, 2.24) is 5.32 Å². The van der Waals surface area contributed by atoms with Gasteiger partial charge in [0.05, 0.1) is 11.7 Å². The third-order valence-corrected chi connectivity index (χ3v) is 3.69. The van der Waals surface area contributed by atoms with Crippen molar-refractivity contribution >= 4 is 35.2 Å². The van der Waals surface area contributed by atoms with Crippen LogP contribution in [0.1, 0.15) is 18.4 Å². The van der Waals surface area contributed by atoms with Crippen LogP contribution in [-0.4, -0.2) is 35.0 Å². The highest BCUT2D eigenvalue weighted by Crippen LogP contribution is 2.19. The lowest BCUT2D eigenvalue weighted by molar-refractivity contribution is -0.133. The van der Waals surface area contributed by atoms with Crippen LogP contribution in [0.2, 0.25) is 5.02 Å². The summed E-state index contributed by atoms with van der Waals surface area (Å²) in [5.41, 5.74) is 0.864. The van der Waals surface area contributed by atoms with Crippen molar-refractivity contribution in [2.45, 2.75) is 12.8 Å². The van der Waals surface area contributed by atoms with Crippen LogP contribution in [-0.2, 0) is 9.59 Å². The van der Waals surface area contributed by atoms with Gasteiger partial charge in [-0.05, 0) is 24.6 Å². The molecule has 0 heterocycles. The zero-order valence-electron chi connectivity index (χ0n) is 10.6. The summed E-state index contributed by atoms with van der Waals surface area (Å²) in [5.74, 6) is -0.565. The molecule has 0 fully saturated rings. The monoisotopic (exact) mass is 301 g/mol. The summed E-state index contributed by atoms with van der Waals surface area (Å²) < 4.78 is 0. The van der Waals surface area contributed by atoms with E-state index < -0.39 is 5.97 Å². The van der Waals surface area contributed by atoms with Gasteiger partial charge in [0.15, 0.2) is 0 Å². The molecule has 0 saturated heterocycles. The van der Waals surface area contributed by atoms with Gasteiger partial charge >= 0.3 is 5.97 Å². The van der Waals surface area contributed by atoms with Crippen LogP contribution >= 0.6 is 23.4 Å². The molecule has 6 heteroatoms. The van der Waals surface area contributed by atoms with Crippen molar-refractivity contribution in [2.24, 2.45) is 0 Å². The van der Waals surface area contributed by atoms with Gasteiger partial charge in [-0.1, -0.05) is 23.7 Å². The van der Waals surface area contributed by atoms with Crippen molar-refractivity contribution in [3.63, 3.8) is 0 Å². The molecule has 0 aliphatic heterocycles. The molecule has 0 aliphatic carbocycles. The van der Waals surface area contributed by atoms with Gasteiger partial charge in [-0.15, -0.1) is 11.8 Å². The fourth-order valence-electron chi connectivity index (χ4n) is 1.49. The number of nitrogens with one attached hydrogen (secondary N) is 1. The van der Waals surface area contributed by atoms with Gasteiger partial charge < -0.3 is 10.4 Å². The normalized spacial score (nSPS) is 11.9. The molecule has 2 N–H and O–H groups in total. The van der Waals surface area contributed by atoms with Crippen molar-refractivity contribution in [1.29, 1.82) is 0 Å². The van der Waals surface area contributed by atoms with E-state index in [-0.39, 0.29) is 17.6 Å². The summed E-state index contributed by atoms with van der Waals surface area (Å²) in [6.45, 7) is 2.27. The fraction of sp³-hybridized carbons (Fsp3) is 0.385. The minimum atomic E-state index is -0.844. The SMILES string of the molecule is CC(C(=O)NCCSCC(=O)O)c1cccc(Cl)c1. The summed E-state index contributed by atoms with van der Waals surface area (Å²) in [6.07, 6.45) is 0. The number of benzene rings is 1. The maximum atomic E-state index is 11.9. The molecule has 1 amide bonds. The maximum absolute atomic E-state index is 11.9. The smallest absolute Gasteiger partial charge is 0.313 e. The Morgan fingerprint density at radius 2 is 2.21 bits per heavy atom. The summed E-state index contributed by atoms with van der Waals surface area (Å²) >= 11 is 7.16. The van der Waals surface area contributed by atoms with Crippen LogP contribution in [0.25, 0.3) is 0 Å². The molecule has 0 spiro atoms.